The minimum Gasteiger partial charge on any atom is -0.491 e. The first-order valence-corrected chi connectivity index (χ1v) is 13.3. The van der Waals surface area contributed by atoms with Crippen LogP contribution in [-0.2, 0) is 0 Å². The minimum absolute atomic E-state index is 0.485. The molecule has 5 aromatic rings. The molecule has 8 heteroatoms. The van der Waals surface area contributed by atoms with Crippen LogP contribution in [0.5, 0.6) is 5.75 Å². The van der Waals surface area contributed by atoms with E-state index >= 15 is 0 Å². The maximum atomic E-state index is 6.42. The maximum Gasteiger partial charge on any atom is 0.227 e. The quantitative estimate of drug-likeness (QED) is 0.245. The van der Waals surface area contributed by atoms with Crippen molar-refractivity contribution < 1.29 is 4.74 Å². The van der Waals surface area contributed by atoms with Crippen LogP contribution < -0.4 is 10.1 Å². The highest BCUT2D eigenvalue weighted by Gasteiger charge is 2.18. The zero-order chi connectivity index (χ0) is 25.9. The summed E-state index contributed by atoms with van der Waals surface area (Å²) in [5, 5.41) is 8.80. The Bertz CT molecular complexity index is 1580. The minimum atomic E-state index is 0.485. The van der Waals surface area contributed by atoms with Crippen molar-refractivity contribution in [2.24, 2.45) is 0 Å². The summed E-state index contributed by atoms with van der Waals surface area (Å²) in [4.78, 5) is 11.8. The third-order valence-electron chi connectivity index (χ3n) is 6.79. The van der Waals surface area contributed by atoms with Gasteiger partial charge < -0.3 is 10.1 Å². The summed E-state index contributed by atoms with van der Waals surface area (Å²) in [6.07, 6.45) is 6.25. The molecule has 3 aromatic heterocycles. The molecule has 38 heavy (non-hydrogen) atoms. The molecule has 0 atom stereocenters. The maximum absolute atomic E-state index is 6.42. The molecule has 0 radical (unpaired) electrons. The number of nitrogens with one attached hydrogen (secondary N) is 1. The summed E-state index contributed by atoms with van der Waals surface area (Å²) < 4.78 is 7.91. The Labute approximate surface area is 227 Å². The van der Waals surface area contributed by atoms with Gasteiger partial charge in [-0.3, -0.25) is 4.90 Å². The van der Waals surface area contributed by atoms with Crippen molar-refractivity contribution >= 4 is 28.8 Å². The van der Waals surface area contributed by atoms with Gasteiger partial charge in [0.25, 0.3) is 0 Å². The van der Waals surface area contributed by atoms with Crippen LogP contribution in [0.2, 0.25) is 5.02 Å². The molecule has 6 rings (SSSR count). The number of anilines is 2. The summed E-state index contributed by atoms with van der Waals surface area (Å²) in [6.45, 7) is 5.88. The molecule has 0 unspecified atom stereocenters. The van der Waals surface area contributed by atoms with E-state index in [1.807, 2.05) is 47.1 Å². The standard InChI is InChI=1S/C30H29ClN6O/c1-21-7-6-8-22(19-21)29-28(26-9-2-3-16-37(26)35-29)25-12-13-32-30(34-25)33-23-10-11-24(31)27(20-23)38-18-17-36-14-4-5-15-36/h2-3,6-13,16,19-20H,4-5,14-15,17-18H2,1H3,(H,32,33,34). The van der Waals surface area contributed by atoms with Gasteiger partial charge >= 0.3 is 0 Å². The Morgan fingerprint density at radius 3 is 2.76 bits per heavy atom. The highest BCUT2D eigenvalue weighted by molar-refractivity contribution is 6.32. The topological polar surface area (TPSA) is 67.6 Å². The van der Waals surface area contributed by atoms with Crippen LogP contribution >= 0.6 is 11.6 Å². The Morgan fingerprint density at radius 2 is 1.89 bits per heavy atom. The van der Waals surface area contributed by atoms with Crippen LogP contribution in [0.1, 0.15) is 18.4 Å². The lowest BCUT2D eigenvalue weighted by atomic mass is 10.0. The molecular formula is C30H29ClN6O. The van der Waals surface area contributed by atoms with Crippen LogP contribution in [0, 0.1) is 6.92 Å². The lowest BCUT2D eigenvalue weighted by molar-refractivity contribution is 0.238. The van der Waals surface area contributed by atoms with Crippen LogP contribution in [-0.4, -0.2) is 50.7 Å². The number of rotatable bonds is 8. The van der Waals surface area contributed by atoms with Gasteiger partial charge in [0.15, 0.2) is 0 Å². The van der Waals surface area contributed by atoms with Gasteiger partial charge in [0.05, 0.1) is 21.8 Å². The molecule has 2 aromatic carbocycles. The monoisotopic (exact) mass is 524 g/mol. The number of aromatic nitrogens is 4. The van der Waals surface area contributed by atoms with E-state index in [2.05, 4.69) is 52.5 Å². The van der Waals surface area contributed by atoms with E-state index in [1.165, 1.54) is 18.4 Å². The summed E-state index contributed by atoms with van der Waals surface area (Å²) in [7, 11) is 0. The number of ether oxygens (including phenoxy) is 1. The largest absolute Gasteiger partial charge is 0.491 e. The van der Waals surface area contributed by atoms with Crippen molar-refractivity contribution in [3.8, 4) is 28.3 Å². The first-order chi connectivity index (χ1) is 18.6. The molecule has 0 spiro atoms. The third-order valence-corrected chi connectivity index (χ3v) is 7.11. The average Bonchev–Trinajstić information content (AvgIpc) is 3.59. The number of benzene rings is 2. The number of hydrogen-bond donors (Lipinski definition) is 1. The molecular weight excluding hydrogens is 496 g/mol. The molecule has 0 aliphatic carbocycles. The molecule has 4 heterocycles. The number of pyridine rings is 1. The summed E-state index contributed by atoms with van der Waals surface area (Å²) in [6, 6.07) is 22.0. The first kappa shape index (κ1) is 24.4. The molecule has 0 saturated carbocycles. The van der Waals surface area contributed by atoms with Crippen LogP contribution in [0.25, 0.3) is 28.0 Å². The molecule has 1 N–H and O–H groups in total. The SMILES string of the molecule is Cc1cccc(-c2nn3ccccc3c2-c2ccnc(Nc3ccc(Cl)c(OCCN4CCCC4)c3)n2)c1. The van der Waals surface area contributed by atoms with E-state index in [-0.39, 0.29) is 0 Å². The van der Waals surface area contributed by atoms with Crippen molar-refractivity contribution in [3.63, 3.8) is 0 Å². The highest BCUT2D eigenvalue weighted by Crippen LogP contribution is 2.35. The van der Waals surface area contributed by atoms with Gasteiger partial charge in [-0.05, 0) is 69.3 Å². The van der Waals surface area contributed by atoms with Crippen molar-refractivity contribution in [2.45, 2.75) is 19.8 Å². The van der Waals surface area contributed by atoms with E-state index in [9.17, 15) is 0 Å². The first-order valence-electron chi connectivity index (χ1n) is 12.9. The second-order valence-corrected chi connectivity index (χ2v) is 9.96. The Hall–Kier alpha value is -3.94. The molecule has 1 saturated heterocycles. The Kier molecular flexibility index (Phi) is 6.94. The predicted molar refractivity (Wildman–Crippen MR) is 152 cm³/mol. The fraction of sp³-hybridized carbons (Fsp3) is 0.233. The molecule has 1 aliphatic rings. The second-order valence-electron chi connectivity index (χ2n) is 9.56. The van der Waals surface area contributed by atoms with E-state index < -0.39 is 0 Å². The molecule has 1 aliphatic heterocycles. The smallest absolute Gasteiger partial charge is 0.227 e. The van der Waals surface area contributed by atoms with E-state index in [0.29, 0.717) is 23.3 Å². The number of likely N-dealkylation sites (tertiary alicyclic amines) is 1. The Balaban J connectivity index is 1.28. The summed E-state index contributed by atoms with van der Waals surface area (Å²) in [5.74, 6) is 1.13. The fourth-order valence-electron chi connectivity index (χ4n) is 4.92. The molecule has 192 valence electrons. The number of aryl methyl sites for hydroxylation is 1. The van der Waals surface area contributed by atoms with Crippen molar-refractivity contribution in [3.05, 3.63) is 89.7 Å². The molecule has 0 amide bonds. The number of nitrogens with zero attached hydrogens (tertiary/aromatic N) is 5. The lowest BCUT2D eigenvalue weighted by Gasteiger charge is -2.16. The van der Waals surface area contributed by atoms with Gasteiger partial charge in [0.1, 0.15) is 18.1 Å². The zero-order valence-corrected chi connectivity index (χ0v) is 22.0. The molecule has 1 fully saturated rings. The van der Waals surface area contributed by atoms with Crippen molar-refractivity contribution in [1.29, 1.82) is 0 Å². The van der Waals surface area contributed by atoms with Gasteiger partial charge in [-0.15, -0.1) is 0 Å². The van der Waals surface area contributed by atoms with Crippen LogP contribution in [0.3, 0.4) is 0 Å². The van der Waals surface area contributed by atoms with Gasteiger partial charge in [-0.1, -0.05) is 41.4 Å². The summed E-state index contributed by atoms with van der Waals surface area (Å²) in [5.41, 5.74) is 6.64. The molecule has 0 bridgehead atoms. The average molecular weight is 525 g/mol. The predicted octanol–water partition coefficient (Wildman–Crippen LogP) is 6.64. The van der Waals surface area contributed by atoms with Gasteiger partial charge in [0.2, 0.25) is 5.95 Å². The van der Waals surface area contributed by atoms with Crippen molar-refractivity contribution in [1.82, 2.24) is 24.5 Å². The van der Waals surface area contributed by atoms with Crippen LogP contribution in [0.15, 0.2) is 79.1 Å². The van der Waals surface area contributed by atoms with Gasteiger partial charge in [-0.25, -0.2) is 14.5 Å². The van der Waals surface area contributed by atoms with E-state index in [0.717, 1.165) is 53.4 Å². The normalized spacial score (nSPS) is 13.7. The lowest BCUT2D eigenvalue weighted by Crippen LogP contribution is -2.25. The Morgan fingerprint density at radius 1 is 1.00 bits per heavy atom. The van der Waals surface area contributed by atoms with Gasteiger partial charge in [0, 0.05) is 36.3 Å². The fourth-order valence-corrected chi connectivity index (χ4v) is 5.09. The number of hydrogen-bond acceptors (Lipinski definition) is 6. The third kappa shape index (κ3) is 5.21. The highest BCUT2D eigenvalue weighted by atomic mass is 35.5. The van der Waals surface area contributed by atoms with E-state index in [4.69, 9.17) is 26.4 Å². The van der Waals surface area contributed by atoms with Crippen molar-refractivity contribution in [2.75, 3.05) is 31.6 Å². The number of halogens is 1. The number of fused-ring (bicyclic) bond motifs is 1. The zero-order valence-electron chi connectivity index (χ0n) is 21.3. The van der Waals surface area contributed by atoms with Gasteiger partial charge in [-0.2, -0.15) is 5.10 Å². The van der Waals surface area contributed by atoms with Crippen LogP contribution in [0.4, 0.5) is 11.6 Å². The second kappa shape index (κ2) is 10.8. The molecule has 7 nitrogen and oxygen atoms in total. The van der Waals surface area contributed by atoms with E-state index in [1.54, 1.807) is 6.20 Å². The summed E-state index contributed by atoms with van der Waals surface area (Å²) >= 11 is 6.42.